The molecule has 0 aliphatic heterocycles. The molecular weight excluding hydrogens is 288 g/mol. The smallest absolute Gasteiger partial charge is 0.390 e. The van der Waals surface area contributed by atoms with Gasteiger partial charge in [0.2, 0.25) is 6.33 Å². The summed E-state index contributed by atoms with van der Waals surface area (Å²) in [4.78, 5) is 25.3. The first-order chi connectivity index (χ1) is 10.5. The fraction of sp³-hybridized carbons (Fsp3) is 0.231. The first-order valence-corrected chi connectivity index (χ1v) is 6.40. The molecule has 1 aromatic carbocycles. The molecule has 22 heavy (non-hydrogen) atoms. The summed E-state index contributed by atoms with van der Waals surface area (Å²) in [5.41, 5.74) is 4.36. The van der Waals surface area contributed by atoms with Crippen LogP contribution in [0.2, 0.25) is 0 Å². The predicted molar refractivity (Wildman–Crippen MR) is 78.4 cm³/mol. The maximum atomic E-state index is 12.0. The molecule has 0 saturated carbocycles. The first kappa shape index (κ1) is 15.3. The molecule has 0 aliphatic carbocycles. The second kappa shape index (κ2) is 6.57. The number of nitrogens with one attached hydrogen (secondary N) is 1. The molecule has 0 radical (unpaired) electrons. The van der Waals surface area contributed by atoms with Gasteiger partial charge < -0.3 is 10.1 Å². The maximum absolute atomic E-state index is 12.0. The lowest BCUT2D eigenvalue weighted by Gasteiger charge is -2.04. The van der Waals surface area contributed by atoms with Crippen LogP contribution in [0.25, 0.3) is 0 Å². The van der Waals surface area contributed by atoms with Gasteiger partial charge in [-0.2, -0.15) is 9.78 Å². The summed E-state index contributed by atoms with van der Waals surface area (Å²) in [5.74, 6) is -0.793. The normalized spacial score (nSPS) is 11.3. The van der Waals surface area contributed by atoms with Gasteiger partial charge in [-0.15, -0.1) is 0 Å². The molecule has 0 spiro atoms. The van der Waals surface area contributed by atoms with Gasteiger partial charge in [0.05, 0.1) is 12.3 Å². The highest BCUT2D eigenvalue weighted by Crippen LogP contribution is 2.06. The SMILES string of the molecule is C/C(Cn1cnc([N+](=O)[O-])n1)=N\NC(=O)c1ccccc1C. The Balaban J connectivity index is 1.99. The van der Waals surface area contributed by atoms with Crippen LogP contribution in [0.3, 0.4) is 0 Å². The zero-order chi connectivity index (χ0) is 16.1. The van der Waals surface area contributed by atoms with Crippen molar-refractivity contribution in [2.45, 2.75) is 20.4 Å². The molecule has 114 valence electrons. The highest BCUT2D eigenvalue weighted by atomic mass is 16.6. The van der Waals surface area contributed by atoms with E-state index in [2.05, 4.69) is 20.6 Å². The fourth-order valence-corrected chi connectivity index (χ4v) is 1.75. The third-order valence-electron chi connectivity index (χ3n) is 2.82. The Morgan fingerprint density at radius 1 is 1.45 bits per heavy atom. The number of amides is 1. The van der Waals surface area contributed by atoms with Gasteiger partial charge in [-0.25, -0.2) is 5.43 Å². The van der Waals surface area contributed by atoms with Crippen LogP contribution >= 0.6 is 0 Å². The molecule has 2 rings (SSSR count). The molecule has 1 heterocycles. The fourth-order valence-electron chi connectivity index (χ4n) is 1.75. The van der Waals surface area contributed by atoms with Gasteiger partial charge in [0.25, 0.3) is 5.91 Å². The number of benzene rings is 1. The van der Waals surface area contributed by atoms with E-state index in [4.69, 9.17) is 0 Å². The van der Waals surface area contributed by atoms with Crippen LogP contribution in [0.4, 0.5) is 5.95 Å². The van der Waals surface area contributed by atoms with Crippen molar-refractivity contribution in [1.29, 1.82) is 0 Å². The number of hydrogen-bond acceptors (Lipinski definition) is 6. The van der Waals surface area contributed by atoms with Crippen molar-refractivity contribution in [2.24, 2.45) is 5.10 Å². The minimum Gasteiger partial charge on any atom is -0.390 e. The van der Waals surface area contributed by atoms with Crippen LogP contribution in [-0.2, 0) is 6.54 Å². The van der Waals surface area contributed by atoms with Crippen LogP contribution < -0.4 is 5.43 Å². The van der Waals surface area contributed by atoms with Gasteiger partial charge in [-0.1, -0.05) is 23.2 Å². The van der Waals surface area contributed by atoms with E-state index < -0.39 is 10.9 Å². The average Bonchev–Trinajstić information content (AvgIpc) is 2.94. The lowest BCUT2D eigenvalue weighted by Crippen LogP contribution is -2.21. The van der Waals surface area contributed by atoms with E-state index in [0.717, 1.165) is 5.56 Å². The number of nitrogens with zero attached hydrogens (tertiary/aromatic N) is 5. The van der Waals surface area contributed by atoms with E-state index in [0.29, 0.717) is 11.3 Å². The molecule has 1 aromatic heterocycles. The van der Waals surface area contributed by atoms with Gasteiger partial charge in [0.1, 0.15) is 0 Å². The number of carbonyl (C=O) groups is 1. The number of rotatable bonds is 5. The summed E-state index contributed by atoms with van der Waals surface area (Å²) in [6.45, 7) is 3.70. The topological polar surface area (TPSA) is 115 Å². The van der Waals surface area contributed by atoms with Gasteiger partial charge in [-0.05, 0) is 30.4 Å². The number of hydrazone groups is 1. The Labute approximate surface area is 125 Å². The standard InChI is InChI=1S/C13H14N6O3/c1-9-5-3-4-6-11(9)12(20)16-15-10(2)7-18-8-14-13(17-18)19(21)22/h3-6,8H,7H2,1-2H3,(H,16,20)/b15-10+. The van der Waals surface area contributed by atoms with Crippen LogP contribution in [0.5, 0.6) is 0 Å². The third kappa shape index (κ3) is 3.72. The van der Waals surface area contributed by atoms with Gasteiger partial charge in [-0.3, -0.25) is 4.79 Å². The highest BCUT2D eigenvalue weighted by Gasteiger charge is 2.13. The Kier molecular flexibility index (Phi) is 4.57. The molecule has 9 nitrogen and oxygen atoms in total. The molecule has 0 fully saturated rings. The van der Waals surface area contributed by atoms with Crippen LogP contribution in [0.1, 0.15) is 22.8 Å². The zero-order valence-electron chi connectivity index (χ0n) is 12.1. The summed E-state index contributed by atoms with van der Waals surface area (Å²) in [7, 11) is 0. The van der Waals surface area contributed by atoms with E-state index in [9.17, 15) is 14.9 Å². The molecule has 0 bridgehead atoms. The average molecular weight is 302 g/mol. The van der Waals surface area contributed by atoms with Gasteiger partial charge >= 0.3 is 5.95 Å². The van der Waals surface area contributed by atoms with Crippen molar-refractivity contribution in [2.75, 3.05) is 0 Å². The molecule has 1 N–H and O–H groups in total. The number of aromatic nitrogens is 3. The second-order valence-electron chi connectivity index (χ2n) is 4.60. The minimum absolute atomic E-state index is 0.189. The second-order valence-corrected chi connectivity index (χ2v) is 4.60. The Morgan fingerprint density at radius 3 is 2.82 bits per heavy atom. The molecule has 0 unspecified atom stereocenters. The lowest BCUT2D eigenvalue weighted by atomic mass is 10.1. The molecule has 0 atom stereocenters. The van der Waals surface area contributed by atoms with E-state index in [1.54, 1.807) is 19.1 Å². The molecule has 9 heteroatoms. The zero-order valence-corrected chi connectivity index (χ0v) is 12.1. The third-order valence-corrected chi connectivity index (χ3v) is 2.82. The van der Waals surface area contributed by atoms with Crippen molar-refractivity contribution < 1.29 is 9.72 Å². The summed E-state index contributed by atoms with van der Waals surface area (Å²) in [6, 6.07) is 7.15. The van der Waals surface area contributed by atoms with Crippen molar-refractivity contribution in [1.82, 2.24) is 20.2 Å². The molecule has 0 saturated heterocycles. The largest absolute Gasteiger partial charge is 0.490 e. The predicted octanol–water partition coefficient (Wildman–Crippen LogP) is 1.30. The molecule has 0 aliphatic rings. The number of hydrogen-bond donors (Lipinski definition) is 1. The molecular formula is C13H14N6O3. The van der Waals surface area contributed by atoms with E-state index in [1.807, 2.05) is 19.1 Å². The molecule has 1 amide bonds. The van der Waals surface area contributed by atoms with E-state index in [-0.39, 0.29) is 12.5 Å². The Bertz CT molecular complexity index is 737. The molecule has 2 aromatic rings. The monoisotopic (exact) mass is 302 g/mol. The van der Waals surface area contributed by atoms with E-state index >= 15 is 0 Å². The Hall–Kier alpha value is -3.10. The quantitative estimate of drug-likeness (QED) is 0.507. The van der Waals surface area contributed by atoms with Crippen molar-refractivity contribution in [3.8, 4) is 0 Å². The Morgan fingerprint density at radius 2 is 2.18 bits per heavy atom. The van der Waals surface area contributed by atoms with Crippen molar-refractivity contribution in [3.63, 3.8) is 0 Å². The maximum Gasteiger partial charge on any atom is 0.490 e. The summed E-state index contributed by atoms with van der Waals surface area (Å²) < 4.78 is 1.27. The van der Waals surface area contributed by atoms with E-state index in [1.165, 1.54) is 11.0 Å². The number of aryl methyl sites for hydroxylation is 1. The first-order valence-electron chi connectivity index (χ1n) is 6.40. The van der Waals surface area contributed by atoms with Crippen LogP contribution in [-0.4, -0.2) is 31.3 Å². The highest BCUT2D eigenvalue weighted by molar-refractivity contribution is 5.96. The van der Waals surface area contributed by atoms with Crippen LogP contribution in [0.15, 0.2) is 35.7 Å². The van der Waals surface area contributed by atoms with Gasteiger partial charge in [0.15, 0.2) is 0 Å². The minimum atomic E-state index is -0.678. The summed E-state index contributed by atoms with van der Waals surface area (Å²) >= 11 is 0. The number of carbonyl (C=O) groups excluding carboxylic acids is 1. The van der Waals surface area contributed by atoms with Crippen molar-refractivity contribution >= 4 is 17.6 Å². The lowest BCUT2D eigenvalue weighted by molar-refractivity contribution is -0.394. The number of nitro groups is 1. The van der Waals surface area contributed by atoms with Crippen molar-refractivity contribution in [3.05, 3.63) is 51.8 Å². The van der Waals surface area contributed by atoms with Crippen LogP contribution in [0, 0.1) is 17.0 Å². The van der Waals surface area contributed by atoms with Gasteiger partial charge in [0, 0.05) is 10.7 Å². The summed E-state index contributed by atoms with van der Waals surface area (Å²) in [6.07, 6.45) is 1.24. The summed E-state index contributed by atoms with van der Waals surface area (Å²) in [5, 5.41) is 18.1.